The predicted octanol–water partition coefficient (Wildman–Crippen LogP) is 2.57. The summed E-state index contributed by atoms with van der Waals surface area (Å²) in [6, 6.07) is 10.1. The number of hydrogen-bond donors (Lipinski definition) is 6. The number of amides is 1. The van der Waals surface area contributed by atoms with E-state index < -0.39 is 11.7 Å². The minimum atomic E-state index is -0.625. The zero-order valence-corrected chi connectivity index (χ0v) is 20.0. The van der Waals surface area contributed by atoms with E-state index in [0.29, 0.717) is 17.8 Å². The third-order valence-electron chi connectivity index (χ3n) is 5.83. The minimum absolute atomic E-state index is 0.0484. The molecule has 0 unspecified atom stereocenters. The first kappa shape index (κ1) is 25.2. The van der Waals surface area contributed by atoms with Gasteiger partial charge in [-0.15, -0.1) is 0 Å². The number of amidine groups is 2. The highest BCUT2D eigenvalue weighted by Gasteiger charge is 2.27. The summed E-state index contributed by atoms with van der Waals surface area (Å²) < 4.78 is 0. The maximum Gasteiger partial charge on any atom is 0.287 e. The van der Waals surface area contributed by atoms with Crippen molar-refractivity contribution in [3.8, 4) is 11.5 Å². The van der Waals surface area contributed by atoms with Gasteiger partial charge in [0.2, 0.25) is 0 Å². The molecule has 34 heavy (non-hydrogen) atoms. The van der Waals surface area contributed by atoms with Gasteiger partial charge in [-0.3, -0.25) is 25.4 Å². The number of phenolic OH excluding ortho intramolecular Hbond substituents is 2. The van der Waals surface area contributed by atoms with Crippen molar-refractivity contribution in [2.45, 2.75) is 33.2 Å². The normalized spacial score (nSPS) is 14.1. The van der Waals surface area contributed by atoms with Gasteiger partial charge in [0.1, 0.15) is 17.3 Å². The van der Waals surface area contributed by atoms with Crippen molar-refractivity contribution < 1.29 is 15.0 Å². The highest BCUT2D eigenvalue weighted by atomic mass is 16.3. The van der Waals surface area contributed by atoms with Crippen molar-refractivity contribution >= 4 is 23.3 Å². The number of aromatic hydroxyl groups is 2. The van der Waals surface area contributed by atoms with Crippen molar-refractivity contribution in [3.63, 3.8) is 0 Å². The molecule has 1 fully saturated rings. The van der Waals surface area contributed by atoms with Crippen molar-refractivity contribution in [1.29, 1.82) is 10.8 Å². The number of likely N-dealkylation sites (N-methyl/N-ethyl adjacent to an activating group) is 1. The number of rotatable bonds is 6. The van der Waals surface area contributed by atoms with Gasteiger partial charge in [0.05, 0.1) is 5.56 Å². The molecule has 0 aromatic heterocycles. The number of anilines is 1. The molecule has 0 spiro atoms. The van der Waals surface area contributed by atoms with Crippen LogP contribution in [0.15, 0.2) is 36.4 Å². The highest BCUT2D eigenvalue weighted by Crippen LogP contribution is 2.33. The zero-order valence-electron chi connectivity index (χ0n) is 20.0. The molecule has 2 aromatic rings. The van der Waals surface area contributed by atoms with Gasteiger partial charge in [0, 0.05) is 51.0 Å². The van der Waals surface area contributed by atoms with Crippen molar-refractivity contribution in [1.82, 2.24) is 15.5 Å². The molecule has 3 rings (SSSR count). The maximum absolute atomic E-state index is 12.5. The molecule has 0 bridgehead atoms. The van der Waals surface area contributed by atoms with Crippen LogP contribution in [0, 0.1) is 10.8 Å². The molecule has 6 N–H and O–H groups in total. The lowest BCUT2D eigenvalue weighted by molar-refractivity contribution is -0.114. The molecule has 0 saturated carbocycles. The molecule has 1 amide bonds. The van der Waals surface area contributed by atoms with Gasteiger partial charge >= 0.3 is 0 Å². The van der Waals surface area contributed by atoms with E-state index in [1.54, 1.807) is 19.1 Å². The number of phenols is 2. The molecule has 9 nitrogen and oxygen atoms in total. The van der Waals surface area contributed by atoms with Gasteiger partial charge in [-0.1, -0.05) is 26.0 Å². The van der Waals surface area contributed by atoms with E-state index in [-0.39, 0.29) is 28.8 Å². The Hall–Kier alpha value is -3.43. The Balaban J connectivity index is 1.96. The number of hydrogen-bond acceptors (Lipinski definition) is 7. The lowest BCUT2D eigenvalue weighted by Crippen LogP contribution is -2.46. The number of carbonyl (C=O) groups is 1. The van der Waals surface area contributed by atoms with Crippen LogP contribution in [0.3, 0.4) is 0 Å². The van der Waals surface area contributed by atoms with Crippen LogP contribution in [-0.2, 0) is 11.3 Å². The lowest BCUT2D eigenvalue weighted by atomic mass is 9.98. The van der Waals surface area contributed by atoms with E-state index in [9.17, 15) is 15.0 Å². The van der Waals surface area contributed by atoms with Gasteiger partial charge in [0.25, 0.3) is 5.91 Å². The third-order valence-corrected chi connectivity index (χ3v) is 5.83. The number of nitrogens with one attached hydrogen (secondary N) is 4. The summed E-state index contributed by atoms with van der Waals surface area (Å²) in [5.41, 5.74) is 2.24. The minimum Gasteiger partial charge on any atom is -0.508 e. The van der Waals surface area contributed by atoms with Crippen LogP contribution < -0.4 is 15.5 Å². The Morgan fingerprint density at radius 3 is 2.35 bits per heavy atom. The Bertz CT molecular complexity index is 1050. The molecular weight excluding hydrogens is 432 g/mol. The first-order valence-electron chi connectivity index (χ1n) is 11.6. The van der Waals surface area contributed by atoms with Crippen LogP contribution in [0.25, 0.3) is 0 Å². The van der Waals surface area contributed by atoms with E-state index in [2.05, 4.69) is 15.5 Å². The van der Waals surface area contributed by atoms with E-state index >= 15 is 0 Å². The topological polar surface area (TPSA) is 136 Å². The molecule has 2 aromatic carbocycles. The Labute approximate surface area is 200 Å². The van der Waals surface area contributed by atoms with Gasteiger partial charge < -0.3 is 20.8 Å². The van der Waals surface area contributed by atoms with Crippen LogP contribution >= 0.6 is 0 Å². The Morgan fingerprint density at radius 1 is 1.12 bits per heavy atom. The van der Waals surface area contributed by atoms with Crippen LogP contribution in [0.5, 0.6) is 11.5 Å². The largest absolute Gasteiger partial charge is 0.508 e. The van der Waals surface area contributed by atoms with Crippen LogP contribution in [0.2, 0.25) is 0 Å². The summed E-state index contributed by atoms with van der Waals surface area (Å²) in [6.45, 7) is 10.5. The molecule has 1 heterocycles. The average molecular weight is 467 g/mol. The Kier molecular flexibility index (Phi) is 8.25. The number of piperazine rings is 1. The van der Waals surface area contributed by atoms with Crippen LogP contribution in [-0.4, -0.2) is 65.4 Å². The molecule has 1 aliphatic rings. The summed E-state index contributed by atoms with van der Waals surface area (Å²) in [5, 5.41) is 44.0. The van der Waals surface area contributed by atoms with E-state index in [4.69, 9.17) is 10.8 Å². The molecule has 1 saturated heterocycles. The van der Waals surface area contributed by atoms with E-state index in [0.717, 1.165) is 38.3 Å². The molecule has 0 aliphatic carbocycles. The quantitative estimate of drug-likeness (QED) is 0.286. The number of carbonyl (C=O) groups excluding carboxylic acids is 1. The highest BCUT2D eigenvalue weighted by molar-refractivity contribution is 6.48. The van der Waals surface area contributed by atoms with E-state index in [1.165, 1.54) is 17.0 Å². The molecule has 1 aliphatic heterocycles. The summed E-state index contributed by atoms with van der Waals surface area (Å²) in [4.78, 5) is 16.1. The SMILES string of the molecule is CCNC(=O)C(=N)N(C(=N)c1cc(C(C)C)c(O)cc1O)c1ccc(CN2CCNCC2)cc1. The second-order valence-corrected chi connectivity index (χ2v) is 8.67. The van der Waals surface area contributed by atoms with Crippen molar-refractivity contribution in [3.05, 3.63) is 53.1 Å². The van der Waals surface area contributed by atoms with Crippen LogP contribution in [0.1, 0.15) is 43.4 Å². The number of benzene rings is 2. The summed E-state index contributed by atoms with van der Waals surface area (Å²) in [5.74, 6) is -1.69. The monoisotopic (exact) mass is 466 g/mol. The lowest BCUT2D eigenvalue weighted by Gasteiger charge is -2.28. The molecule has 9 heteroatoms. The van der Waals surface area contributed by atoms with E-state index in [1.807, 2.05) is 26.0 Å². The summed E-state index contributed by atoms with van der Waals surface area (Å²) in [6.07, 6.45) is 0. The number of nitrogens with zero attached hydrogens (tertiary/aromatic N) is 2. The first-order valence-corrected chi connectivity index (χ1v) is 11.6. The molecule has 182 valence electrons. The first-order chi connectivity index (χ1) is 16.2. The molecule has 0 radical (unpaired) electrons. The average Bonchev–Trinajstić information content (AvgIpc) is 2.80. The molecule has 0 atom stereocenters. The fourth-order valence-corrected chi connectivity index (χ4v) is 3.96. The second kappa shape index (κ2) is 11.1. The van der Waals surface area contributed by atoms with Gasteiger partial charge in [-0.05, 0) is 42.2 Å². The predicted molar refractivity (Wildman–Crippen MR) is 134 cm³/mol. The standard InChI is InChI=1S/C25H34N6O3/c1-4-29-25(34)24(27)31(23(26)20-13-19(16(2)3)21(32)14-22(20)33)18-7-5-17(6-8-18)15-30-11-9-28-10-12-30/h5-8,13-14,16,26-28,32-33H,4,9-12,15H2,1-3H3,(H,29,34). The Morgan fingerprint density at radius 2 is 1.76 bits per heavy atom. The van der Waals surface area contributed by atoms with Crippen LogP contribution in [0.4, 0.5) is 5.69 Å². The van der Waals surface area contributed by atoms with Gasteiger partial charge in [-0.2, -0.15) is 0 Å². The van der Waals surface area contributed by atoms with Gasteiger partial charge in [0.15, 0.2) is 5.84 Å². The third kappa shape index (κ3) is 5.73. The fourth-order valence-electron chi connectivity index (χ4n) is 3.96. The summed E-state index contributed by atoms with van der Waals surface area (Å²) >= 11 is 0. The van der Waals surface area contributed by atoms with Crippen molar-refractivity contribution in [2.24, 2.45) is 0 Å². The van der Waals surface area contributed by atoms with Crippen molar-refractivity contribution in [2.75, 3.05) is 37.6 Å². The molecular formula is C25H34N6O3. The maximum atomic E-state index is 12.5. The second-order valence-electron chi connectivity index (χ2n) is 8.67. The zero-order chi connectivity index (χ0) is 24.8. The fraction of sp³-hybridized carbons (Fsp3) is 0.400. The van der Waals surface area contributed by atoms with Gasteiger partial charge in [-0.25, -0.2) is 0 Å². The smallest absolute Gasteiger partial charge is 0.287 e. The summed E-state index contributed by atoms with van der Waals surface area (Å²) in [7, 11) is 0.